The van der Waals surface area contributed by atoms with Crippen molar-refractivity contribution in [3.8, 4) is 0 Å². The van der Waals surface area contributed by atoms with Crippen molar-refractivity contribution in [3.05, 3.63) is 89.2 Å². The highest BCUT2D eigenvalue weighted by atomic mass is 32.1. The topological polar surface area (TPSA) is 85.7 Å². The predicted octanol–water partition coefficient (Wildman–Crippen LogP) is 5.12. The number of rotatable bonds is 6. The molecular weight excluding hydrogens is 462 g/mol. The fourth-order valence-electron chi connectivity index (χ4n) is 2.95. The molecule has 0 radical (unpaired) electrons. The highest BCUT2D eigenvalue weighted by Crippen LogP contribution is 2.13. The van der Waals surface area contributed by atoms with E-state index in [1.807, 2.05) is 94.4 Å². The Kier molecular flexibility index (Phi) is 8.78. The van der Waals surface area contributed by atoms with E-state index in [4.69, 9.17) is 24.4 Å². The zero-order chi connectivity index (χ0) is 24.5. The zero-order valence-corrected chi connectivity index (χ0v) is 21.1. The number of hydrogen-bond donors (Lipinski definition) is 4. The van der Waals surface area contributed by atoms with Gasteiger partial charge in [0.1, 0.15) is 0 Å². The Bertz CT molecular complexity index is 1160. The van der Waals surface area contributed by atoms with Gasteiger partial charge in [-0.1, -0.05) is 42.5 Å². The molecule has 0 aliphatic carbocycles. The highest BCUT2D eigenvalue weighted by Gasteiger charge is 2.06. The van der Waals surface area contributed by atoms with Gasteiger partial charge in [0, 0.05) is 11.4 Å². The maximum atomic E-state index is 5.35. The Morgan fingerprint density at radius 2 is 1.06 bits per heavy atom. The highest BCUT2D eigenvalue weighted by molar-refractivity contribution is 7.80. The standard InChI is InChI=1S/C25H27N7S2/c1-16-10-5-7-12-20(16)27-24(33)31-29-18(3)22-14-9-15-23(26-22)19(4)30-32-25(34)28-21-13-8-6-11-17(21)2/h5-15H,1-4H3,(H2,27,31,33)(H2,28,32,34). The normalized spacial score (nSPS) is 11.5. The molecule has 2 aromatic carbocycles. The molecular formula is C25H27N7S2. The molecule has 0 saturated carbocycles. The van der Waals surface area contributed by atoms with Crippen LogP contribution < -0.4 is 21.5 Å². The summed E-state index contributed by atoms with van der Waals surface area (Å²) in [4.78, 5) is 4.66. The van der Waals surface area contributed by atoms with E-state index in [2.05, 4.69) is 36.7 Å². The molecule has 9 heteroatoms. The van der Waals surface area contributed by atoms with Gasteiger partial charge in [-0.3, -0.25) is 10.9 Å². The number of hydrazone groups is 2. The Morgan fingerprint density at radius 1 is 0.647 bits per heavy atom. The van der Waals surface area contributed by atoms with E-state index in [9.17, 15) is 0 Å². The van der Waals surface area contributed by atoms with Crippen LogP contribution in [-0.4, -0.2) is 26.6 Å². The molecule has 174 valence electrons. The maximum absolute atomic E-state index is 5.35. The van der Waals surface area contributed by atoms with Crippen LogP contribution in [0.5, 0.6) is 0 Å². The summed E-state index contributed by atoms with van der Waals surface area (Å²) in [6.45, 7) is 7.75. The molecule has 0 fully saturated rings. The SMILES string of the molecule is CC(=NNC(=S)Nc1ccccc1C)c1cccc(C(C)=NNC(=S)Nc2ccccc2C)n1. The van der Waals surface area contributed by atoms with Crippen LogP contribution in [0.2, 0.25) is 0 Å². The van der Waals surface area contributed by atoms with Gasteiger partial charge in [0.2, 0.25) is 0 Å². The molecule has 0 unspecified atom stereocenters. The molecule has 0 spiro atoms. The van der Waals surface area contributed by atoms with Crippen LogP contribution in [0.4, 0.5) is 11.4 Å². The molecule has 1 heterocycles. The third kappa shape index (κ3) is 7.16. The van der Waals surface area contributed by atoms with Gasteiger partial charge in [0.15, 0.2) is 10.2 Å². The number of nitrogens with zero attached hydrogens (tertiary/aromatic N) is 3. The first-order valence-corrected chi connectivity index (χ1v) is 11.5. The number of benzene rings is 2. The number of nitrogens with one attached hydrogen (secondary N) is 4. The molecule has 3 aromatic rings. The van der Waals surface area contributed by atoms with Crippen molar-refractivity contribution in [1.82, 2.24) is 15.8 Å². The van der Waals surface area contributed by atoms with Crippen molar-refractivity contribution in [1.29, 1.82) is 0 Å². The molecule has 0 bridgehead atoms. The second kappa shape index (κ2) is 12.0. The van der Waals surface area contributed by atoms with Crippen molar-refractivity contribution < 1.29 is 0 Å². The van der Waals surface area contributed by atoms with E-state index in [1.165, 1.54) is 0 Å². The van der Waals surface area contributed by atoms with Crippen molar-refractivity contribution >= 4 is 57.5 Å². The molecule has 0 amide bonds. The molecule has 0 aliphatic heterocycles. The van der Waals surface area contributed by atoms with Crippen LogP contribution in [0.15, 0.2) is 76.9 Å². The van der Waals surface area contributed by atoms with Gasteiger partial charge in [-0.15, -0.1) is 0 Å². The average molecular weight is 490 g/mol. The first-order valence-electron chi connectivity index (χ1n) is 10.6. The molecule has 1 aromatic heterocycles. The molecule has 0 aliphatic rings. The van der Waals surface area contributed by atoms with Crippen molar-refractivity contribution in [2.45, 2.75) is 27.7 Å². The Hall–Kier alpha value is -3.69. The van der Waals surface area contributed by atoms with Crippen LogP contribution in [-0.2, 0) is 0 Å². The van der Waals surface area contributed by atoms with Gasteiger partial charge >= 0.3 is 0 Å². The lowest BCUT2D eigenvalue weighted by molar-refractivity contribution is 1.02. The quantitative estimate of drug-likeness (QED) is 0.217. The van der Waals surface area contributed by atoms with Crippen LogP contribution in [0, 0.1) is 13.8 Å². The van der Waals surface area contributed by atoms with Crippen molar-refractivity contribution in [2.75, 3.05) is 10.6 Å². The minimum Gasteiger partial charge on any atom is -0.331 e. The van der Waals surface area contributed by atoms with Crippen LogP contribution in [0.1, 0.15) is 36.4 Å². The molecule has 7 nitrogen and oxygen atoms in total. The molecule has 0 atom stereocenters. The third-order valence-corrected chi connectivity index (χ3v) is 5.31. The van der Waals surface area contributed by atoms with Gasteiger partial charge < -0.3 is 10.6 Å². The maximum Gasteiger partial charge on any atom is 0.191 e. The summed E-state index contributed by atoms with van der Waals surface area (Å²) in [5, 5.41) is 15.8. The number of aryl methyl sites for hydroxylation is 2. The fourth-order valence-corrected chi connectivity index (χ4v) is 3.26. The predicted molar refractivity (Wildman–Crippen MR) is 150 cm³/mol. The lowest BCUT2D eigenvalue weighted by Gasteiger charge is -2.11. The zero-order valence-electron chi connectivity index (χ0n) is 19.5. The van der Waals surface area contributed by atoms with Crippen LogP contribution >= 0.6 is 24.4 Å². The lowest BCUT2D eigenvalue weighted by atomic mass is 10.2. The average Bonchev–Trinajstić information content (AvgIpc) is 2.84. The van der Waals surface area contributed by atoms with Crippen molar-refractivity contribution in [3.63, 3.8) is 0 Å². The number of anilines is 2. The van der Waals surface area contributed by atoms with Gasteiger partial charge in [0.05, 0.1) is 22.8 Å². The Labute approximate surface area is 210 Å². The van der Waals surface area contributed by atoms with Gasteiger partial charge in [-0.25, -0.2) is 4.98 Å². The van der Waals surface area contributed by atoms with E-state index in [-0.39, 0.29) is 0 Å². The van der Waals surface area contributed by atoms with Gasteiger partial charge in [0.25, 0.3) is 0 Å². The monoisotopic (exact) mass is 489 g/mol. The smallest absolute Gasteiger partial charge is 0.191 e. The summed E-state index contributed by atoms with van der Waals surface area (Å²) in [5.74, 6) is 0. The number of thiocarbonyl (C=S) groups is 2. The first kappa shape index (κ1) is 24.9. The van der Waals surface area contributed by atoms with Gasteiger partial charge in [-0.05, 0) is 87.5 Å². The second-order valence-corrected chi connectivity index (χ2v) is 8.38. The number of aromatic nitrogens is 1. The van der Waals surface area contributed by atoms with E-state index < -0.39 is 0 Å². The van der Waals surface area contributed by atoms with Crippen LogP contribution in [0.25, 0.3) is 0 Å². The lowest BCUT2D eigenvalue weighted by Crippen LogP contribution is -2.26. The second-order valence-electron chi connectivity index (χ2n) is 7.56. The Balaban J connectivity index is 1.61. The Morgan fingerprint density at radius 3 is 1.47 bits per heavy atom. The summed E-state index contributed by atoms with van der Waals surface area (Å²) in [7, 11) is 0. The summed E-state index contributed by atoms with van der Waals surface area (Å²) in [5.41, 5.74) is 12.6. The number of pyridine rings is 1. The summed E-state index contributed by atoms with van der Waals surface area (Å²) < 4.78 is 0. The van der Waals surface area contributed by atoms with E-state index >= 15 is 0 Å². The minimum atomic E-state index is 0.404. The van der Waals surface area contributed by atoms with Crippen LogP contribution in [0.3, 0.4) is 0 Å². The number of para-hydroxylation sites is 2. The molecule has 3 rings (SSSR count). The van der Waals surface area contributed by atoms with E-state index in [1.54, 1.807) is 0 Å². The number of hydrogen-bond acceptors (Lipinski definition) is 5. The third-order valence-electron chi connectivity index (χ3n) is 4.93. The van der Waals surface area contributed by atoms with Crippen molar-refractivity contribution in [2.24, 2.45) is 10.2 Å². The van der Waals surface area contributed by atoms with E-state index in [0.717, 1.165) is 22.5 Å². The first-order chi connectivity index (χ1) is 16.3. The van der Waals surface area contributed by atoms with E-state index in [0.29, 0.717) is 33.0 Å². The summed E-state index contributed by atoms with van der Waals surface area (Å²) >= 11 is 10.7. The molecule has 34 heavy (non-hydrogen) atoms. The molecule has 0 saturated heterocycles. The summed E-state index contributed by atoms with van der Waals surface area (Å²) in [6, 6.07) is 21.5. The fraction of sp³-hybridized carbons (Fsp3) is 0.160. The largest absolute Gasteiger partial charge is 0.331 e. The molecule has 4 N–H and O–H groups in total. The van der Waals surface area contributed by atoms with Gasteiger partial charge in [-0.2, -0.15) is 10.2 Å². The minimum absolute atomic E-state index is 0.404. The summed E-state index contributed by atoms with van der Waals surface area (Å²) in [6.07, 6.45) is 0.